The summed E-state index contributed by atoms with van der Waals surface area (Å²) in [7, 11) is 0. The lowest BCUT2D eigenvalue weighted by atomic mass is 10.2. The number of hydrogen-bond donors (Lipinski definition) is 0. The fraction of sp³-hybridized carbons (Fsp3) is 0.118. The predicted molar refractivity (Wildman–Crippen MR) is 81.2 cm³/mol. The Balaban J connectivity index is 4.09. The fourth-order valence-corrected chi connectivity index (χ4v) is 1.09. The zero-order chi connectivity index (χ0) is 15.2. The number of ketones is 3. The molecule has 0 aromatic carbocycles. The molecule has 0 radical (unpaired) electrons. The van der Waals surface area contributed by atoms with Crippen LogP contribution in [0.1, 0.15) is 13.3 Å². The molecule has 0 bridgehead atoms. The first-order valence-electron chi connectivity index (χ1n) is 6.15. The summed E-state index contributed by atoms with van der Waals surface area (Å²) in [5, 5.41) is 0. The standard InChI is InChI=1S/C17H18O3/c1-3-10-16(19)12-6-5-7-13-17(20)14-9-8-11-15(18)4-2/h3-4,6-14H,2,5H2,1H3/b10-3+,11-8+,12-6+,13-7+,14-9+. The van der Waals surface area contributed by atoms with Crippen molar-refractivity contribution >= 4 is 17.3 Å². The van der Waals surface area contributed by atoms with Crippen molar-refractivity contribution in [2.75, 3.05) is 0 Å². The van der Waals surface area contributed by atoms with Crippen molar-refractivity contribution < 1.29 is 14.4 Å². The lowest BCUT2D eigenvalue weighted by molar-refractivity contribution is -0.111. The summed E-state index contributed by atoms with van der Waals surface area (Å²) in [5.74, 6) is -0.480. The molecule has 0 heterocycles. The Morgan fingerprint density at radius 2 is 1.30 bits per heavy atom. The third-order valence-electron chi connectivity index (χ3n) is 2.00. The van der Waals surface area contributed by atoms with Crippen LogP contribution in [0.2, 0.25) is 0 Å². The van der Waals surface area contributed by atoms with Gasteiger partial charge < -0.3 is 0 Å². The number of carbonyl (C=O) groups is 3. The van der Waals surface area contributed by atoms with Crippen LogP contribution in [0.3, 0.4) is 0 Å². The van der Waals surface area contributed by atoms with Crippen molar-refractivity contribution in [1.29, 1.82) is 0 Å². The maximum absolute atomic E-state index is 11.3. The van der Waals surface area contributed by atoms with Gasteiger partial charge in [0.1, 0.15) is 0 Å². The van der Waals surface area contributed by atoms with Crippen LogP contribution in [0.25, 0.3) is 0 Å². The molecule has 0 spiro atoms. The van der Waals surface area contributed by atoms with Crippen molar-refractivity contribution in [3.8, 4) is 0 Å². The minimum atomic E-state index is -0.214. The predicted octanol–water partition coefficient (Wildman–Crippen LogP) is 3.07. The van der Waals surface area contributed by atoms with Gasteiger partial charge in [-0.3, -0.25) is 14.4 Å². The van der Waals surface area contributed by atoms with Gasteiger partial charge in [0.05, 0.1) is 0 Å². The molecule has 0 atom stereocenters. The highest BCUT2D eigenvalue weighted by molar-refractivity contribution is 6.01. The average Bonchev–Trinajstić information content (AvgIpc) is 2.43. The first-order chi connectivity index (χ1) is 9.60. The molecule has 0 aromatic heterocycles. The maximum atomic E-state index is 11.3. The van der Waals surface area contributed by atoms with E-state index in [9.17, 15) is 14.4 Å². The maximum Gasteiger partial charge on any atom is 0.178 e. The third-order valence-corrected chi connectivity index (χ3v) is 2.00. The molecule has 3 heteroatoms. The summed E-state index contributed by atoms with van der Waals surface area (Å²) >= 11 is 0. The number of carbonyl (C=O) groups excluding carboxylic acids is 3. The molecule has 0 rings (SSSR count). The molecule has 0 aliphatic rings. The summed E-state index contributed by atoms with van der Waals surface area (Å²) in [6, 6.07) is 0. The second kappa shape index (κ2) is 11.5. The minimum absolute atomic E-state index is 0.0795. The van der Waals surface area contributed by atoms with Gasteiger partial charge in [-0.2, -0.15) is 0 Å². The zero-order valence-electron chi connectivity index (χ0n) is 11.5. The Hall–Kier alpha value is -2.55. The topological polar surface area (TPSA) is 51.2 Å². The Bertz CT molecular complexity index is 500. The van der Waals surface area contributed by atoms with Crippen LogP contribution in [0, 0.1) is 0 Å². The molecule has 0 aliphatic heterocycles. The minimum Gasteiger partial charge on any atom is -0.290 e. The average molecular weight is 270 g/mol. The number of allylic oxidation sites excluding steroid dienone is 11. The Labute approximate surface area is 119 Å². The van der Waals surface area contributed by atoms with E-state index in [-0.39, 0.29) is 17.3 Å². The fourth-order valence-electron chi connectivity index (χ4n) is 1.09. The van der Waals surface area contributed by atoms with Gasteiger partial charge in [0.25, 0.3) is 0 Å². The Morgan fingerprint density at radius 1 is 0.800 bits per heavy atom. The van der Waals surface area contributed by atoms with E-state index in [4.69, 9.17) is 0 Å². The van der Waals surface area contributed by atoms with Gasteiger partial charge in [-0.05, 0) is 49.8 Å². The normalized spacial score (nSPS) is 12.2. The lowest BCUT2D eigenvalue weighted by Crippen LogP contribution is -1.85. The largest absolute Gasteiger partial charge is 0.290 e. The van der Waals surface area contributed by atoms with E-state index < -0.39 is 0 Å². The monoisotopic (exact) mass is 270 g/mol. The van der Waals surface area contributed by atoms with E-state index in [0.29, 0.717) is 6.42 Å². The molecular weight excluding hydrogens is 252 g/mol. The summed E-state index contributed by atoms with van der Waals surface area (Å²) < 4.78 is 0. The first-order valence-corrected chi connectivity index (χ1v) is 6.15. The van der Waals surface area contributed by atoms with Gasteiger partial charge in [-0.1, -0.05) is 37.0 Å². The van der Waals surface area contributed by atoms with E-state index in [1.807, 2.05) is 0 Å². The van der Waals surface area contributed by atoms with Crippen molar-refractivity contribution in [2.24, 2.45) is 0 Å². The molecule has 104 valence electrons. The van der Waals surface area contributed by atoms with E-state index in [1.165, 1.54) is 48.6 Å². The lowest BCUT2D eigenvalue weighted by Gasteiger charge is -1.84. The summed E-state index contributed by atoms with van der Waals surface area (Å²) in [6.07, 6.45) is 16.6. The van der Waals surface area contributed by atoms with Gasteiger partial charge in [0.15, 0.2) is 17.3 Å². The van der Waals surface area contributed by atoms with Crippen LogP contribution in [0.15, 0.2) is 73.4 Å². The van der Waals surface area contributed by atoms with Crippen molar-refractivity contribution in [2.45, 2.75) is 13.3 Å². The molecule has 3 nitrogen and oxygen atoms in total. The highest BCUT2D eigenvalue weighted by Crippen LogP contribution is 1.90. The first kappa shape index (κ1) is 17.4. The van der Waals surface area contributed by atoms with Gasteiger partial charge in [0, 0.05) is 0 Å². The molecule has 0 fully saturated rings. The molecule has 0 N–H and O–H groups in total. The molecule has 0 unspecified atom stereocenters. The summed E-state index contributed by atoms with van der Waals surface area (Å²) in [5.41, 5.74) is 0. The number of hydrogen-bond acceptors (Lipinski definition) is 3. The van der Waals surface area contributed by atoms with Crippen molar-refractivity contribution in [1.82, 2.24) is 0 Å². The van der Waals surface area contributed by atoms with E-state index in [0.717, 1.165) is 0 Å². The highest BCUT2D eigenvalue weighted by atomic mass is 16.1. The van der Waals surface area contributed by atoms with Gasteiger partial charge in [0.2, 0.25) is 0 Å². The molecule has 0 saturated heterocycles. The van der Waals surface area contributed by atoms with Crippen LogP contribution in [0.5, 0.6) is 0 Å². The van der Waals surface area contributed by atoms with E-state index in [2.05, 4.69) is 6.58 Å². The van der Waals surface area contributed by atoms with Crippen molar-refractivity contribution in [3.05, 3.63) is 73.4 Å². The second-order valence-corrected chi connectivity index (χ2v) is 3.67. The van der Waals surface area contributed by atoms with Gasteiger partial charge in [-0.15, -0.1) is 0 Å². The van der Waals surface area contributed by atoms with Gasteiger partial charge in [-0.25, -0.2) is 0 Å². The molecule has 0 saturated carbocycles. The quantitative estimate of drug-likeness (QED) is 0.478. The van der Waals surface area contributed by atoms with Crippen LogP contribution >= 0.6 is 0 Å². The van der Waals surface area contributed by atoms with Gasteiger partial charge >= 0.3 is 0 Å². The van der Waals surface area contributed by atoms with Crippen LogP contribution < -0.4 is 0 Å². The van der Waals surface area contributed by atoms with E-state index in [1.54, 1.807) is 25.2 Å². The van der Waals surface area contributed by atoms with Crippen molar-refractivity contribution in [3.63, 3.8) is 0 Å². The molecular formula is C17H18O3. The summed E-state index contributed by atoms with van der Waals surface area (Å²) in [6.45, 7) is 5.09. The molecule has 0 aliphatic carbocycles. The van der Waals surface area contributed by atoms with E-state index >= 15 is 0 Å². The zero-order valence-corrected chi connectivity index (χ0v) is 11.5. The third kappa shape index (κ3) is 10.6. The van der Waals surface area contributed by atoms with Crippen LogP contribution in [0.4, 0.5) is 0 Å². The second-order valence-electron chi connectivity index (χ2n) is 3.67. The highest BCUT2D eigenvalue weighted by Gasteiger charge is 1.87. The summed E-state index contributed by atoms with van der Waals surface area (Å²) in [4.78, 5) is 33.2. The Kier molecular flexibility index (Phi) is 10.1. The molecule has 20 heavy (non-hydrogen) atoms. The Morgan fingerprint density at radius 3 is 1.80 bits per heavy atom. The smallest absolute Gasteiger partial charge is 0.178 e. The molecule has 0 aromatic rings. The SMILES string of the molecule is C=CC(=O)/C=C/C=C/C(=O)/C=C/C/C=C/C(=O)/C=C/C. The number of rotatable bonds is 9. The molecule has 0 amide bonds. The van der Waals surface area contributed by atoms with Crippen LogP contribution in [-0.4, -0.2) is 17.3 Å². The van der Waals surface area contributed by atoms with Crippen LogP contribution in [-0.2, 0) is 14.4 Å².